The monoisotopic (exact) mass is 229 g/mol. The number of H-pyrrole nitrogens is 1. The van der Waals surface area contributed by atoms with Gasteiger partial charge in [0.05, 0.1) is 7.11 Å². The molecule has 2 rings (SSSR count). The van der Waals surface area contributed by atoms with Crippen molar-refractivity contribution in [1.82, 2.24) is 4.98 Å². The molecule has 0 atom stereocenters. The zero-order valence-electron chi connectivity index (χ0n) is 8.77. The number of methoxy groups -OCH3 is 1. The highest BCUT2D eigenvalue weighted by atomic mass is 19.4. The summed E-state index contributed by atoms with van der Waals surface area (Å²) in [6, 6.07) is 4.82. The van der Waals surface area contributed by atoms with Gasteiger partial charge in [0.2, 0.25) is 0 Å². The first-order chi connectivity index (χ1) is 7.43. The van der Waals surface area contributed by atoms with Gasteiger partial charge in [-0.25, -0.2) is 0 Å². The Morgan fingerprint density at radius 2 is 1.94 bits per heavy atom. The summed E-state index contributed by atoms with van der Waals surface area (Å²) >= 11 is 0. The first kappa shape index (κ1) is 10.9. The van der Waals surface area contributed by atoms with Crippen LogP contribution in [0.4, 0.5) is 13.2 Å². The van der Waals surface area contributed by atoms with Gasteiger partial charge < -0.3 is 9.72 Å². The minimum atomic E-state index is -4.35. The van der Waals surface area contributed by atoms with Gasteiger partial charge in [0, 0.05) is 17.0 Å². The van der Waals surface area contributed by atoms with Crippen LogP contribution in [-0.4, -0.2) is 12.1 Å². The van der Waals surface area contributed by atoms with E-state index in [9.17, 15) is 13.2 Å². The minimum absolute atomic E-state index is 0.213. The Labute approximate surface area is 90.0 Å². The lowest BCUT2D eigenvalue weighted by Gasteiger charge is -2.04. The Balaban J connectivity index is 2.68. The van der Waals surface area contributed by atoms with Crippen molar-refractivity contribution < 1.29 is 17.9 Å². The number of alkyl halides is 3. The van der Waals surface area contributed by atoms with E-state index in [1.54, 1.807) is 18.2 Å². The molecule has 5 heteroatoms. The number of hydrogen-bond donors (Lipinski definition) is 1. The van der Waals surface area contributed by atoms with Gasteiger partial charge in [-0.1, -0.05) is 0 Å². The molecule has 0 aliphatic heterocycles. The second-order valence-electron chi connectivity index (χ2n) is 3.53. The van der Waals surface area contributed by atoms with Crippen LogP contribution in [0.3, 0.4) is 0 Å². The van der Waals surface area contributed by atoms with Gasteiger partial charge in [-0.15, -0.1) is 0 Å². The molecule has 0 radical (unpaired) electrons. The molecule has 0 bridgehead atoms. The largest absolute Gasteiger partial charge is 0.497 e. The van der Waals surface area contributed by atoms with Crippen LogP contribution >= 0.6 is 0 Å². The number of ether oxygens (including phenoxy) is 1. The summed E-state index contributed by atoms with van der Waals surface area (Å²) in [4.78, 5) is 2.37. The molecule has 1 aromatic carbocycles. The number of halogens is 3. The molecular weight excluding hydrogens is 219 g/mol. The van der Waals surface area contributed by atoms with Crippen LogP contribution in [0.25, 0.3) is 10.9 Å². The predicted molar refractivity (Wildman–Crippen MR) is 54.6 cm³/mol. The number of nitrogens with one attached hydrogen (secondary N) is 1. The number of hydrogen-bond acceptors (Lipinski definition) is 1. The summed E-state index contributed by atoms with van der Waals surface area (Å²) in [5.41, 5.74) is -0.0509. The predicted octanol–water partition coefficient (Wildman–Crippen LogP) is 3.50. The molecule has 0 fully saturated rings. The van der Waals surface area contributed by atoms with Gasteiger partial charge in [0.25, 0.3) is 0 Å². The number of aromatic amines is 1. The van der Waals surface area contributed by atoms with E-state index in [-0.39, 0.29) is 5.56 Å². The molecule has 1 N–H and O–H groups in total. The van der Waals surface area contributed by atoms with E-state index >= 15 is 0 Å². The highest BCUT2D eigenvalue weighted by Gasteiger charge is 2.35. The van der Waals surface area contributed by atoms with E-state index in [2.05, 4.69) is 4.98 Å². The molecule has 0 saturated carbocycles. The van der Waals surface area contributed by atoms with E-state index in [4.69, 9.17) is 4.74 Å². The maximum absolute atomic E-state index is 12.6. The molecule has 0 spiro atoms. The van der Waals surface area contributed by atoms with Crippen molar-refractivity contribution >= 4 is 10.9 Å². The minimum Gasteiger partial charge on any atom is -0.497 e. The molecule has 1 aromatic heterocycles. The van der Waals surface area contributed by atoms with Crippen molar-refractivity contribution in [1.29, 1.82) is 0 Å². The van der Waals surface area contributed by atoms with Crippen molar-refractivity contribution in [2.24, 2.45) is 0 Å². The summed E-state index contributed by atoms with van der Waals surface area (Å²) in [5.74, 6) is 0.530. The fourth-order valence-electron chi connectivity index (χ4n) is 1.73. The van der Waals surface area contributed by atoms with Crippen LogP contribution in [0.15, 0.2) is 18.2 Å². The molecule has 86 valence electrons. The quantitative estimate of drug-likeness (QED) is 0.795. The number of aromatic nitrogens is 1. The molecule has 0 aliphatic rings. The standard InChI is InChI=1S/C11H10F3NO/c1-6-8-4-3-7(16-2)5-9(8)15-10(6)11(12,13)14/h3-5,15H,1-2H3. The molecule has 0 unspecified atom stereocenters. The Bertz CT molecular complexity index is 528. The summed E-state index contributed by atoms with van der Waals surface area (Å²) < 4.78 is 42.8. The number of fused-ring (bicyclic) bond motifs is 1. The fourth-order valence-corrected chi connectivity index (χ4v) is 1.73. The first-order valence-corrected chi connectivity index (χ1v) is 4.67. The molecular formula is C11H10F3NO. The van der Waals surface area contributed by atoms with E-state index < -0.39 is 11.9 Å². The van der Waals surface area contributed by atoms with Crippen LogP contribution in [0.5, 0.6) is 5.75 Å². The summed E-state index contributed by atoms with van der Waals surface area (Å²) in [6.07, 6.45) is -4.35. The van der Waals surface area contributed by atoms with Crippen molar-refractivity contribution in [2.45, 2.75) is 13.1 Å². The van der Waals surface area contributed by atoms with E-state index in [0.717, 1.165) is 0 Å². The molecule has 2 nitrogen and oxygen atoms in total. The van der Waals surface area contributed by atoms with Crippen LogP contribution < -0.4 is 4.74 Å². The van der Waals surface area contributed by atoms with E-state index in [1.165, 1.54) is 14.0 Å². The fraction of sp³-hybridized carbons (Fsp3) is 0.273. The van der Waals surface area contributed by atoms with E-state index in [1.807, 2.05) is 0 Å². The molecule has 16 heavy (non-hydrogen) atoms. The van der Waals surface area contributed by atoms with Crippen LogP contribution in [0.1, 0.15) is 11.3 Å². The highest BCUT2D eigenvalue weighted by Crippen LogP contribution is 2.35. The van der Waals surface area contributed by atoms with Gasteiger partial charge in [0.15, 0.2) is 0 Å². The Kier molecular flexibility index (Phi) is 2.33. The zero-order valence-corrected chi connectivity index (χ0v) is 8.77. The summed E-state index contributed by atoms with van der Waals surface area (Å²) in [5, 5.41) is 0.563. The molecule has 1 heterocycles. The Morgan fingerprint density at radius 3 is 2.50 bits per heavy atom. The van der Waals surface area contributed by atoms with Gasteiger partial charge in [-0.3, -0.25) is 0 Å². The Morgan fingerprint density at radius 1 is 1.25 bits per heavy atom. The van der Waals surface area contributed by atoms with Gasteiger partial charge >= 0.3 is 6.18 Å². The third kappa shape index (κ3) is 1.62. The van der Waals surface area contributed by atoms with Crippen LogP contribution in [0.2, 0.25) is 0 Å². The lowest BCUT2D eigenvalue weighted by Crippen LogP contribution is -2.06. The average Bonchev–Trinajstić information content (AvgIpc) is 2.55. The summed E-state index contributed by atoms with van der Waals surface area (Å²) in [6.45, 7) is 1.45. The lowest BCUT2D eigenvalue weighted by molar-refractivity contribution is -0.141. The first-order valence-electron chi connectivity index (χ1n) is 4.67. The van der Waals surface area contributed by atoms with Crippen LogP contribution in [-0.2, 0) is 6.18 Å². The topological polar surface area (TPSA) is 25.0 Å². The summed E-state index contributed by atoms with van der Waals surface area (Å²) in [7, 11) is 1.47. The van der Waals surface area contributed by atoms with Crippen LogP contribution in [0, 0.1) is 6.92 Å². The smallest absolute Gasteiger partial charge is 0.431 e. The zero-order chi connectivity index (χ0) is 11.9. The molecule has 0 amide bonds. The third-order valence-corrected chi connectivity index (χ3v) is 2.55. The third-order valence-electron chi connectivity index (χ3n) is 2.55. The molecule has 0 aliphatic carbocycles. The Hall–Kier alpha value is -1.65. The second kappa shape index (κ2) is 3.43. The average molecular weight is 229 g/mol. The number of benzene rings is 1. The van der Waals surface area contributed by atoms with Gasteiger partial charge in [-0.05, 0) is 24.6 Å². The van der Waals surface area contributed by atoms with Crippen molar-refractivity contribution in [3.63, 3.8) is 0 Å². The van der Waals surface area contributed by atoms with Gasteiger partial charge in [0.1, 0.15) is 11.4 Å². The number of rotatable bonds is 1. The van der Waals surface area contributed by atoms with Crippen molar-refractivity contribution in [2.75, 3.05) is 7.11 Å². The lowest BCUT2D eigenvalue weighted by atomic mass is 10.1. The maximum Gasteiger partial charge on any atom is 0.431 e. The second-order valence-corrected chi connectivity index (χ2v) is 3.53. The SMILES string of the molecule is COc1ccc2c(C)c(C(F)(F)F)[nH]c2c1. The molecule has 2 aromatic rings. The van der Waals surface area contributed by atoms with Gasteiger partial charge in [-0.2, -0.15) is 13.2 Å². The van der Waals surface area contributed by atoms with Crippen molar-refractivity contribution in [3.8, 4) is 5.75 Å². The van der Waals surface area contributed by atoms with E-state index in [0.29, 0.717) is 16.7 Å². The van der Waals surface area contributed by atoms with Crippen molar-refractivity contribution in [3.05, 3.63) is 29.5 Å². The highest BCUT2D eigenvalue weighted by molar-refractivity contribution is 5.85. The normalized spacial score (nSPS) is 12.1. The maximum atomic E-state index is 12.6. The molecule has 0 saturated heterocycles. The number of aryl methyl sites for hydroxylation is 1.